The minimum Gasteiger partial charge on any atom is -0.256 e. The molecule has 5 heteroatoms. The first-order chi connectivity index (χ1) is 24.3. The van der Waals surface area contributed by atoms with Crippen molar-refractivity contribution in [2.45, 2.75) is 0 Å². The Bertz CT molecular complexity index is 2880. The maximum atomic E-state index is 5.29. The van der Waals surface area contributed by atoms with Gasteiger partial charge in [-0.1, -0.05) is 127 Å². The lowest BCUT2D eigenvalue weighted by Gasteiger charge is -2.13. The molecule has 0 aliphatic rings. The Labute approximate surface area is 286 Å². The number of rotatable bonds is 4. The van der Waals surface area contributed by atoms with Crippen molar-refractivity contribution >= 4 is 64.0 Å². The molecule has 0 amide bonds. The van der Waals surface area contributed by atoms with E-state index in [9.17, 15) is 0 Å². The number of benzene rings is 7. The van der Waals surface area contributed by atoms with Crippen LogP contribution >= 0.6 is 11.3 Å². The summed E-state index contributed by atoms with van der Waals surface area (Å²) in [5.41, 5.74) is 6.21. The normalized spacial score (nSPS) is 11.7. The lowest BCUT2D eigenvalue weighted by Crippen LogP contribution is -2.01. The molecule has 0 spiro atoms. The van der Waals surface area contributed by atoms with Crippen LogP contribution in [0.3, 0.4) is 0 Å². The molecule has 228 valence electrons. The molecule has 49 heavy (non-hydrogen) atoms. The van der Waals surface area contributed by atoms with E-state index in [1.165, 1.54) is 25.7 Å². The van der Waals surface area contributed by atoms with Crippen molar-refractivity contribution in [3.63, 3.8) is 0 Å². The standard InChI is InChI=1S/C44H26N4S/c1-2-9-27(10-3-1)28-18-20-30(21-19-28)42-46-43(48-44(47-42)36-14-7-17-39-41(36)34-12-4-5-16-38(34)49-39)35-13-6-11-29-22-23-31-32-15-8-26-45-37(32)25-24-33(31)40(29)35/h1-26H. The van der Waals surface area contributed by atoms with E-state index in [0.29, 0.717) is 17.5 Å². The molecular weight excluding hydrogens is 617 g/mol. The highest BCUT2D eigenvalue weighted by Gasteiger charge is 2.19. The summed E-state index contributed by atoms with van der Waals surface area (Å²) >= 11 is 1.80. The summed E-state index contributed by atoms with van der Waals surface area (Å²) in [5.74, 6) is 1.95. The largest absolute Gasteiger partial charge is 0.256 e. The van der Waals surface area contributed by atoms with E-state index in [4.69, 9.17) is 15.0 Å². The summed E-state index contributed by atoms with van der Waals surface area (Å²) in [6.45, 7) is 0. The van der Waals surface area contributed by atoms with Crippen molar-refractivity contribution in [2.24, 2.45) is 0 Å². The SMILES string of the molecule is c1ccc(-c2ccc(-c3nc(-c4cccc5ccc6c7cccnc7ccc6c45)nc(-c4cccc5sc6ccccc6c45)n3)cc2)cc1. The summed E-state index contributed by atoms with van der Waals surface area (Å²) in [5, 5.41) is 8.07. The quantitative estimate of drug-likeness (QED) is 0.179. The first-order valence-electron chi connectivity index (χ1n) is 16.3. The molecule has 3 aromatic heterocycles. The van der Waals surface area contributed by atoms with E-state index in [1.54, 1.807) is 11.3 Å². The molecule has 0 radical (unpaired) electrons. The third kappa shape index (κ3) is 4.59. The fourth-order valence-corrected chi connectivity index (χ4v) is 8.22. The van der Waals surface area contributed by atoms with Gasteiger partial charge in [-0.25, -0.2) is 15.0 Å². The van der Waals surface area contributed by atoms with Gasteiger partial charge in [-0.3, -0.25) is 4.98 Å². The Morgan fingerprint density at radius 3 is 1.88 bits per heavy atom. The van der Waals surface area contributed by atoms with E-state index in [2.05, 4.69) is 145 Å². The minimum atomic E-state index is 0.642. The van der Waals surface area contributed by atoms with Gasteiger partial charge in [0.05, 0.1) is 5.52 Å². The average molecular weight is 643 g/mol. The molecule has 0 aliphatic heterocycles. The van der Waals surface area contributed by atoms with E-state index >= 15 is 0 Å². The van der Waals surface area contributed by atoms with Gasteiger partial charge in [-0.15, -0.1) is 11.3 Å². The maximum absolute atomic E-state index is 5.29. The fourth-order valence-electron chi connectivity index (χ4n) is 7.09. The van der Waals surface area contributed by atoms with Gasteiger partial charge in [0.25, 0.3) is 0 Å². The summed E-state index contributed by atoms with van der Waals surface area (Å²) in [6.07, 6.45) is 1.85. The molecule has 4 nitrogen and oxygen atoms in total. The van der Waals surface area contributed by atoms with Crippen LogP contribution in [0.4, 0.5) is 0 Å². The molecule has 7 aromatic carbocycles. The Kier molecular flexibility index (Phi) is 6.32. The van der Waals surface area contributed by atoms with Crippen LogP contribution in [0.2, 0.25) is 0 Å². The van der Waals surface area contributed by atoms with Gasteiger partial charge >= 0.3 is 0 Å². The van der Waals surface area contributed by atoms with Crippen LogP contribution in [-0.4, -0.2) is 19.9 Å². The monoisotopic (exact) mass is 642 g/mol. The highest BCUT2D eigenvalue weighted by molar-refractivity contribution is 7.25. The first kappa shape index (κ1) is 27.8. The van der Waals surface area contributed by atoms with Crippen LogP contribution in [-0.2, 0) is 0 Å². The zero-order chi connectivity index (χ0) is 32.3. The van der Waals surface area contributed by atoms with Crippen LogP contribution in [0.15, 0.2) is 158 Å². The van der Waals surface area contributed by atoms with E-state index in [1.807, 2.05) is 18.3 Å². The van der Waals surface area contributed by atoms with Crippen LogP contribution in [0.25, 0.3) is 97.9 Å². The van der Waals surface area contributed by atoms with Crippen molar-refractivity contribution in [1.29, 1.82) is 0 Å². The molecule has 0 unspecified atom stereocenters. The summed E-state index contributed by atoms with van der Waals surface area (Å²) < 4.78 is 2.46. The van der Waals surface area contributed by atoms with Crippen LogP contribution < -0.4 is 0 Å². The number of nitrogens with zero attached hydrogens (tertiary/aromatic N) is 4. The first-order valence-corrected chi connectivity index (χ1v) is 17.1. The second kappa shape index (κ2) is 11.2. The Hall–Kier alpha value is -6.30. The lowest BCUT2D eigenvalue weighted by molar-refractivity contribution is 1.08. The number of hydrogen-bond acceptors (Lipinski definition) is 5. The Morgan fingerprint density at radius 2 is 1.02 bits per heavy atom. The van der Waals surface area contributed by atoms with Crippen LogP contribution in [0, 0.1) is 0 Å². The molecule has 10 aromatic rings. The summed E-state index contributed by atoms with van der Waals surface area (Å²) in [7, 11) is 0. The van der Waals surface area contributed by atoms with Crippen molar-refractivity contribution in [3.05, 3.63) is 158 Å². The average Bonchev–Trinajstić information content (AvgIpc) is 3.57. The molecule has 0 N–H and O–H groups in total. The van der Waals surface area contributed by atoms with Gasteiger partial charge in [0.2, 0.25) is 0 Å². The van der Waals surface area contributed by atoms with Crippen LogP contribution in [0.5, 0.6) is 0 Å². The lowest BCUT2D eigenvalue weighted by atomic mass is 9.95. The smallest absolute Gasteiger partial charge is 0.164 e. The van der Waals surface area contributed by atoms with E-state index < -0.39 is 0 Å². The van der Waals surface area contributed by atoms with Gasteiger partial charge in [0, 0.05) is 53.8 Å². The number of thiophene rings is 1. The number of pyridine rings is 1. The van der Waals surface area contributed by atoms with Crippen molar-refractivity contribution in [2.75, 3.05) is 0 Å². The van der Waals surface area contributed by atoms with E-state index in [0.717, 1.165) is 54.7 Å². The molecule has 0 saturated carbocycles. The highest BCUT2D eigenvalue weighted by atomic mass is 32.1. The second-order valence-corrected chi connectivity index (χ2v) is 13.3. The van der Waals surface area contributed by atoms with E-state index in [-0.39, 0.29) is 0 Å². The van der Waals surface area contributed by atoms with Crippen molar-refractivity contribution < 1.29 is 0 Å². The van der Waals surface area contributed by atoms with Gasteiger partial charge in [-0.2, -0.15) is 0 Å². The molecule has 0 bridgehead atoms. The molecule has 3 heterocycles. The molecule has 0 aliphatic carbocycles. The predicted molar refractivity (Wildman–Crippen MR) is 205 cm³/mol. The van der Waals surface area contributed by atoms with Gasteiger partial charge in [0.1, 0.15) is 0 Å². The highest BCUT2D eigenvalue weighted by Crippen LogP contribution is 2.41. The molecular formula is C44H26N4S. The minimum absolute atomic E-state index is 0.642. The third-order valence-electron chi connectivity index (χ3n) is 9.39. The summed E-state index contributed by atoms with van der Waals surface area (Å²) in [6, 6.07) is 53.2. The second-order valence-electron chi connectivity index (χ2n) is 12.2. The number of hydrogen-bond donors (Lipinski definition) is 0. The van der Waals surface area contributed by atoms with Crippen LogP contribution in [0.1, 0.15) is 0 Å². The predicted octanol–water partition coefficient (Wildman–Crippen LogP) is 11.8. The maximum Gasteiger partial charge on any atom is 0.164 e. The third-order valence-corrected chi connectivity index (χ3v) is 10.5. The Morgan fingerprint density at radius 1 is 0.367 bits per heavy atom. The molecule has 0 atom stereocenters. The Balaban J connectivity index is 1.25. The number of fused-ring (bicyclic) bond motifs is 8. The fraction of sp³-hybridized carbons (Fsp3) is 0. The van der Waals surface area contributed by atoms with Gasteiger partial charge < -0.3 is 0 Å². The molecule has 0 fully saturated rings. The van der Waals surface area contributed by atoms with Gasteiger partial charge in [0.15, 0.2) is 17.5 Å². The van der Waals surface area contributed by atoms with Gasteiger partial charge in [-0.05, 0) is 51.6 Å². The molecule has 10 rings (SSSR count). The zero-order valence-corrected chi connectivity index (χ0v) is 27.0. The zero-order valence-electron chi connectivity index (χ0n) is 26.2. The number of aromatic nitrogens is 4. The molecule has 0 saturated heterocycles. The topological polar surface area (TPSA) is 51.6 Å². The van der Waals surface area contributed by atoms with Crippen molar-refractivity contribution in [3.8, 4) is 45.3 Å². The summed E-state index contributed by atoms with van der Waals surface area (Å²) in [4.78, 5) is 20.3. The van der Waals surface area contributed by atoms with Crippen molar-refractivity contribution in [1.82, 2.24) is 19.9 Å².